The molecular formula is C25H22FN3O2S. The van der Waals surface area contributed by atoms with Crippen LogP contribution in [0.15, 0.2) is 78.2 Å². The third kappa shape index (κ3) is 4.90. The monoisotopic (exact) mass is 447 g/mol. The van der Waals surface area contributed by atoms with E-state index >= 15 is 0 Å². The fraction of sp³-hybridized carbons (Fsp3) is 0.0800. The molecule has 0 saturated carbocycles. The quantitative estimate of drug-likeness (QED) is 0.303. The number of methoxy groups -OCH3 is 1. The molecule has 0 atom stereocenters. The first-order chi connectivity index (χ1) is 15.5. The van der Waals surface area contributed by atoms with E-state index in [1.807, 2.05) is 41.8 Å². The smallest absolute Gasteiger partial charge is 0.255 e. The van der Waals surface area contributed by atoms with Gasteiger partial charge in [-0.05, 0) is 59.0 Å². The minimum Gasteiger partial charge on any atom is -0.494 e. The Morgan fingerprint density at radius 3 is 2.56 bits per heavy atom. The van der Waals surface area contributed by atoms with Gasteiger partial charge < -0.3 is 21.1 Å². The summed E-state index contributed by atoms with van der Waals surface area (Å²) in [6.07, 6.45) is 0. The van der Waals surface area contributed by atoms with Crippen LogP contribution in [-0.4, -0.2) is 13.0 Å². The zero-order valence-electron chi connectivity index (χ0n) is 17.4. The number of nitrogen functional groups attached to an aromatic ring is 1. The molecule has 0 saturated heterocycles. The van der Waals surface area contributed by atoms with Gasteiger partial charge in [-0.15, -0.1) is 11.3 Å². The number of nitrogens with two attached hydrogens (primary N) is 1. The van der Waals surface area contributed by atoms with Gasteiger partial charge in [0.05, 0.1) is 18.5 Å². The average Bonchev–Trinajstić information content (AvgIpc) is 3.34. The van der Waals surface area contributed by atoms with Gasteiger partial charge in [-0.2, -0.15) is 0 Å². The number of carbonyl (C=O) groups excluding carboxylic acids is 1. The van der Waals surface area contributed by atoms with Gasteiger partial charge in [0.25, 0.3) is 5.91 Å². The predicted molar refractivity (Wildman–Crippen MR) is 129 cm³/mol. The number of thiophene rings is 1. The standard InChI is InChI=1S/C25H22FN3O2S/c1-31-23-11-9-19(14-20(23)26)28-15-16-4-6-17(7-5-16)25(30)29-22-13-18(8-10-21(22)27)24-3-2-12-32-24/h2-14,28H,15,27H2,1H3,(H,29,30). The summed E-state index contributed by atoms with van der Waals surface area (Å²) in [5.74, 6) is -0.462. The molecule has 0 aliphatic heterocycles. The molecule has 4 rings (SSSR count). The van der Waals surface area contributed by atoms with E-state index < -0.39 is 5.82 Å². The number of halogens is 1. The van der Waals surface area contributed by atoms with E-state index in [1.54, 1.807) is 41.7 Å². The molecule has 0 spiro atoms. The zero-order valence-corrected chi connectivity index (χ0v) is 18.2. The number of rotatable bonds is 7. The highest BCUT2D eigenvalue weighted by Crippen LogP contribution is 2.30. The molecular weight excluding hydrogens is 425 g/mol. The Hall–Kier alpha value is -3.84. The Labute approximate surface area is 189 Å². The summed E-state index contributed by atoms with van der Waals surface area (Å²) in [7, 11) is 1.43. The average molecular weight is 448 g/mol. The van der Waals surface area contributed by atoms with Gasteiger partial charge >= 0.3 is 0 Å². The van der Waals surface area contributed by atoms with Gasteiger partial charge in [-0.25, -0.2) is 4.39 Å². The largest absolute Gasteiger partial charge is 0.494 e. The second kappa shape index (κ2) is 9.53. The first kappa shape index (κ1) is 21.4. The number of amides is 1. The summed E-state index contributed by atoms with van der Waals surface area (Å²) in [6, 6.07) is 21.5. The van der Waals surface area contributed by atoms with E-state index in [4.69, 9.17) is 10.5 Å². The van der Waals surface area contributed by atoms with Gasteiger partial charge in [-0.1, -0.05) is 24.3 Å². The number of nitrogens with one attached hydrogen (secondary N) is 2. The molecule has 4 N–H and O–H groups in total. The van der Waals surface area contributed by atoms with Gasteiger partial charge in [0.2, 0.25) is 0 Å². The van der Waals surface area contributed by atoms with Crippen LogP contribution in [-0.2, 0) is 6.54 Å². The van der Waals surface area contributed by atoms with Crippen LogP contribution in [0.3, 0.4) is 0 Å². The number of carbonyl (C=O) groups is 1. The van der Waals surface area contributed by atoms with Crippen LogP contribution < -0.4 is 21.1 Å². The van der Waals surface area contributed by atoms with E-state index in [9.17, 15) is 9.18 Å². The maximum Gasteiger partial charge on any atom is 0.255 e. The number of hydrogen-bond acceptors (Lipinski definition) is 5. The molecule has 7 heteroatoms. The van der Waals surface area contributed by atoms with Crippen LogP contribution in [0.1, 0.15) is 15.9 Å². The van der Waals surface area contributed by atoms with E-state index in [2.05, 4.69) is 10.6 Å². The molecule has 32 heavy (non-hydrogen) atoms. The van der Waals surface area contributed by atoms with Crippen molar-refractivity contribution in [2.24, 2.45) is 0 Å². The van der Waals surface area contributed by atoms with Gasteiger partial charge in [0.1, 0.15) is 0 Å². The predicted octanol–water partition coefficient (Wildman–Crippen LogP) is 6.01. The molecule has 0 aliphatic rings. The molecule has 3 aromatic carbocycles. The number of anilines is 3. The SMILES string of the molecule is COc1ccc(NCc2ccc(C(=O)Nc3cc(-c4cccs4)ccc3N)cc2)cc1F. The summed E-state index contributed by atoms with van der Waals surface area (Å²) in [5.41, 5.74) is 10.3. The topological polar surface area (TPSA) is 76.4 Å². The number of benzene rings is 3. The molecule has 0 radical (unpaired) electrons. The van der Waals surface area contributed by atoms with Crippen molar-refractivity contribution in [1.82, 2.24) is 0 Å². The van der Waals surface area contributed by atoms with Crippen LogP contribution >= 0.6 is 11.3 Å². The molecule has 0 aliphatic carbocycles. The van der Waals surface area contributed by atoms with Crippen molar-refractivity contribution in [3.8, 4) is 16.2 Å². The fourth-order valence-electron chi connectivity index (χ4n) is 3.21. The van der Waals surface area contributed by atoms with Crippen molar-refractivity contribution in [3.63, 3.8) is 0 Å². The highest BCUT2D eigenvalue weighted by molar-refractivity contribution is 7.13. The fourth-order valence-corrected chi connectivity index (χ4v) is 3.93. The van der Waals surface area contributed by atoms with Crippen LogP contribution in [0.2, 0.25) is 0 Å². The first-order valence-corrected chi connectivity index (χ1v) is 10.8. The van der Waals surface area contributed by atoms with Crippen LogP contribution in [0.5, 0.6) is 5.75 Å². The summed E-state index contributed by atoms with van der Waals surface area (Å²) in [6.45, 7) is 0.490. The van der Waals surface area contributed by atoms with Crippen molar-refractivity contribution in [2.75, 3.05) is 23.5 Å². The Morgan fingerprint density at radius 2 is 1.88 bits per heavy atom. The molecule has 0 unspecified atom stereocenters. The Kier molecular flexibility index (Phi) is 6.37. The molecule has 1 amide bonds. The summed E-state index contributed by atoms with van der Waals surface area (Å²) < 4.78 is 18.7. The molecule has 5 nitrogen and oxygen atoms in total. The van der Waals surface area contributed by atoms with E-state index in [0.29, 0.717) is 29.2 Å². The molecule has 4 aromatic rings. The molecule has 162 valence electrons. The number of ether oxygens (including phenoxy) is 1. The van der Waals surface area contributed by atoms with Gasteiger partial charge in [-0.3, -0.25) is 4.79 Å². The third-order valence-corrected chi connectivity index (χ3v) is 5.89. The van der Waals surface area contributed by atoms with Crippen molar-refractivity contribution in [1.29, 1.82) is 0 Å². The highest BCUT2D eigenvalue weighted by atomic mass is 32.1. The molecule has 0 bridgehead atoms. The minimum atomic E-state index is -0.424. The summed E-state index contributed by atoms with van der Waals surface area (Å²) in [4.78, 5) is 13.8. The van der Waals surface area contributed by atoms with Crippen molar-refractivity contribution in [3.05, 3.63) is 95.1 Å². The maximum absolute atomic E-state index is 13.8. The van der Waals surface area contributed by atoms with Crippen LogP contribution in [0.4, 0.5) is 21.5 Å². The lowest BCUT2D eigenvalue weighted by molar-refractivity contribution is 0.102. The lowest BCUT2D eigenvalue weighted by Gasteiger charge is -2.11. The van der Waals surface area contributed by atoms with Crippen molar-refractivity contribution >= 4 is 34.3 Å². The normalized spacial score (nSPS) is 10.6. The molecule has 1 heterocycles. The Bertz CT molecular complexity index is 1220. The lowest BCUT2D eigenvalue weighted by Crippen LogP contribution is -2.13. The Balaban J connectivity index is 1.40. The van der Waals surface area contributed by atoms with Crippen molar-refractivity contribution < 1.29 is 13.9 Å². The second-order valence-corrected chi connectivity index (χ2v) is 8.08. The molecule has 1 aromatic heterocycles. The first-order valence-electron chi connectivity index (χ1n) is 9.94. The number of hydrogen-bond donors (Lipinski definition) is 3. The Morgan fingerprint density at radius 1 is 1.06 bits per heavy atom. The summed E-state index contributed by atoms with van der Waals surface area (Å²) in [5, 5.41) is 8.06. The van der Waals surface area contributed by atoms with E-state index in [-0.39, 0.29) is 11.7 Å². The van der Waals surface area contributed by atoms with Crippen LogP contribution in [0, 0.1) is 5.82 Å². The third-order valence-electron chi connectivity index (χ3n) is 4.97. The van der Waals surface area contributed by atoms with E-state index in [0.717, 1.165) is 16.0 Å². The second-order valence-electron chi connectivity index (χ2n) is 7.13. The summed E-state index contributed by atoms with van der Waals surface area (Å²) >= 11 is 1.63. The van der Waals surface area contributed by atoms with Crippen LogP contribution in [0.25, 0.3) is 10.4 Å². The zero-order chi connectivity index (χ0) is 22.5. The lowest BCUT2D eigenvalue weighted by atomic mass is 10.1. The van der Waals surface area contributed by atoms with Gasteiger partial charge in [0, 0.05) is 28.7 Å². The van der Waals surface area contributed by atoms with Crippen molar-refractivity contribution in [2.45, 2.75) is 6.54 Å². The maximum atomic E-state index is 13.8. The highest BCUT2D eigenvalue weighted by Gasteiger charge is 2.10. The van der Waals surface area contributed by atoms with E-state index in [1.165, 1.54) is 13.2 Å². The minimum absolute atomic E-state index is 0.201. The molecule has 0 fully saturated rings. The van der Waals surface area contributed by atoms with Gasteiger partial charge in [0.15, 0.2) is 11.6 Å².